The van der Waals surface area contributed by atoms with Crippen molar-refractivity contribution in [2.24, 2.45) is 34.5 Å². The fraction of sp³-hybridized carbons (Fsp3) is 0.696. The van der Waals surface area contributed by atoms with Gasteiger partial charge < -0.3 is 10.2 Å². The topological polar surface area (TPSA) is 57.5 Å². The van der Waals surface area contributed by atoms with Crippen LogP contribution in [0.15, 0.2) is 36.1 Å². The van der Waals surface area contributed by atoms with E-state index in [1.54, 1.807) is 12.2 Å². The van der Waals surface area contributed by atoms with Crippen molar-refractivity contribution < 1.29 is 15.0 Å². The van der Waals surface area contributed by atoms with Crippen molar-refractivity contribution in [3.8, 4) is 0 Å². The van der Waals surface area contributed by atoms with Gasteiger partial charge in [-0.15, -0.1) is 6.58 Å². The molecule has 0 radical (unpaired) electrons. The first kappa shape index (κ1) is 18.0. The van der Waals surface area contributed by atoms with Crippen LogP contribution >= 0.6 is 0 Å². The summed E-state index contributed by atoms with van der Waals surface area (Å²) < 4.78 is 0. The molecule has 0 aromatic carbocycles. The first-order valence-corrected chi connectivity index (χ1v) is 10.1. The summed E-state index contributed by atoms with van der Waals surface area (Å²) in [7, 11) is 0. The molecule has 26 heavy (non-hydrogen) atoms. The smallest absolute Gasteiger partial charge is 0.184 e. The van der Waals surface area contributed by atoms with Gasteiger partial charge in [0, 0.05) is 11.0 Å². The molecule has 0 unspecified atom stereocenters. The molecule has 3 nitrogen and oxygen atoms in total. The zero-order valence-corrected chi connectivity index (χ0v) is 16.3. The number of hydrogen-bond donors (Lipinski definition) is 2. The highest BCUT2D eigenvalue weighted by atomic mass is 16.3. The van der Waals surface area contributed by atoms with Crippen LogP contribution in [0.5, 0.6) is 0 Å². The molecule has 3 fully saturated rings. The van der Waals surface area contributed by atoms with Crippen molar-refractivity contribution in [2.75, 3.05) is 0 Å². The molecule has 7 atom stereocenters. The standard InChI is InChI=1S/C23H32O3/c1-5-23(26)9-7-18-20-14(2)10-16-11-19(25)15(13-24)12-21(16,3)17(20)6-8-22(18,23)4/h5,11,13-14,17-18,20,24,26H,1,6-10,12H2,2-4H3/b15-13-/t14-,17+,18+,20-,21+,22+,23+/m1/s1. The molecular weight excluding hydrogens is 324 g/mol. The van der Waals surface area contributed by atoms with Gasteiger partial charge in [0.2, 0.25) is 0 Å². The molecule has 3 saturated carbocycles. The van der Waals surface area contributed by atoms with Gasteiger partial charge in [-0.2, -0.15) is 0 Å². The summed E-state index contributed by atoms with van der Waals surface area (Å²) in [4.78, 5) is 12.3. The summed E-state index contributed by atoms with van der Waals surface area (Å²) in [5, 5.41) is 20.8. The van der Waals surface area contributed by atoms with E-state index < -0.39 is 5.60 Å². The number of carbonyl (C=O) groups excluding carboxylic acids is 1. The highest BCUT2D eigenvalue weighted by Crippen LogP contribution is 2.68. The lowest BCUT2D eigenvalue weighted by Crippen LogP contribution is -2.56. The first-order valence-electron chi connectivity index (χ1n) is 10.1. The molecule has 3 heteroatoms. The van der Waals surface area contributed by atoms with E-state index in [0.29, 0.717) is 35.7 Å². The lowest BCUT2D eigenvalue weighted by atomic mass is 9.44. The van der Waals surface area contributed by atoms with E-state index in [0.717, 1.165) is 38.4 Å². The summed E-state index contributed by atoms with van der Waals surface area (Å²) in [6.07, 6.45) is 10.2. The average molecular weight is 357 g/mol. The Morgan fingerprint density at radius 3 is 2.58 bits per heavy atom. The molecule has 0 saturated heterocycles. The Kier molecular flexibility index (Phi) is 3.87. The quantitative estimate of drug-likeness (QED) is 0.405. The van der Waals surface area contributed by atoms with Gasteiger partial charge in [-0.25, -0.2) is 0 Å². The zero-order chi connectivity index (χ0) is 18.9. The Labute approximate surface area is 156 Å². The number of rotatable bonds is 1. The third kappa shape index (κ3) is 2.07. The Bertz CT molecular complexity index is 719. The second-order valence-corrected chi connectivity index (χ2v) is 9.88. The summed E-state index contributed by atoms with van der Waals surface area (Å²) in [5.41, 5.74) is 0.935. The van der Waals surface area contributed by atoms with Crippen LogP contribution in [0.4, 0.5) is 0 Å². The predicted octanol–water partition coefficient (Wildman–Crippen LogP) is 4.73. The van der Waals surface area contributed by atoms with Gasteiger partial charge in [0.05, 0.1) is 11.9 Å². The van der Waals surface area contributed by atoms with Crippen LogP contribution in [0.2, 0.25) is 0 Å². The average Bonchev–Trinajstić information content (AvgIpc) is 2.88. The molecule has 0 aromatic rings. The van der Waals surface area contributed by atoms with E-state index in [1.165, 1.54) is 5.57 Å². The molecule has 0 aliphatic heterocycles. The maximum atomic E-state index is 12.3. The van der Waals surface area contributed by atoms with Crippen molar-refractivity contribution in [2.45, 2.75) is 64.9 Å². The van der Waals surface area contributed by atoms with Crippen molar-refractivity contribution in [3.05, 3.63) is 36.1 Å². The molecule has 0 spiro atoms. The maximum absolute atomic E-state index is 12.3. The van der Waals surface area contributed by atoms with Gasteiger partial charge in [-0.05, 0) is 73.7 Å². The van der Waals surface area contributed by atoms with Crippen molar-refractivity contribution in [3.63, 3.8) is 0 Å². The first-order chi connectivity index (χ1) is 12.2. The SMILES string of the molecule is C=C[C@]1(O)CC[C@H]2[C@@H]3[C@H](C)CC4=CC(=O)/C(=C\O)C[C@]4(C)[C@H]3CC[C@@]21C. The van der Waals surface area contributed by atoms with Crippen LogP contribution in [0.1, 0.15) is 59.3 Å². The van der Waals surface area contributed by atoms with E-state index >= 15 is 0 Å². The maximum Gasteiger partial charge on any atom is 0.184 e. The number of hydrogen-bond acceptors (Lipinski definition) is 3. The third-order valence-corrected chi connectivity index (χ3v) is 8.97. The molecule has 0 amide bonds. The number of aliphatic hydroxyl groups excluding tert-OH is 1. The van der Waals surface area contributed by atoms with E-state index in [9.17, 15) is 15.0 Å². The van der Waals surface area contributed by atoms with Gasteiger partial charge >= 0.3 is 0 Å². The number of carbonyl (C=O) groups is 1. The fourth-order valence-corrected chi connectivity index (χ4v) is 7.39. The van der Waals surface area contributed by atoms with Crippen molar-refractivity contribution in [1.82, 2.24) is 0 Å². The Morgan fingerprint density at radius 1 is 1.23 bits per heavy atom. The van der Waals surface area contributed by atoms with Gasteiger partial charge in [0.15, 0.2) is 5.78 Å². The molecular formula is C23H32O3. The van der Waals surface area contributed by atoms with Crippen LogP contribution in [-0.2, 0) is 4.79 Å². The number of aliphatic hydroxyl groups is 2. The highest BCUT2D eigenvalue weighted by molar-refractivity contribution is 6.05. The van der Waals surface area contributed by atoms with E-state index in [1.807, 2.05) is 0 Å². The van der Waals surface area contributed by atoms with Crippen LogP contribution in [0.3, 0.4) is 0 Å². The normalized spacial score (nSPS) is 52.1. The second kappa shape index (κ2) is 5.58. The summed E-state index contributed by atoms with van der Waals surface area (Å²) in [6.45, 7) is 10.9. The van der Waals surface area contributed by atoms with Gasteiger partial charge in [-0.3, -0.25) is 4.79 Å². The van der Waals surface area contributed by atoms with Gasteiger partial charge in [-0.1, -0.05) is 32.4 Å². The Balaban J connectivity index is 1.76. The lowest BCUT2D eigenvalue weighted by Gasteiger charge is -2.60. The van der Waals surface area contributed by atoms with E-state index in [4.69, 9.17) is 0 Å². The Morgan fingerprint density at radius 2 is 1.92 bits per heavy atom. The number of allylic oxidation sites excluding steroid dienone is 2. The van der Waals surface area contributed by atoms with Gasteiger partial charge in [0.25, 0.3) is 0 Å². The molecule has 0 aromatic heterocycles. The molecule has 4 rings (SSSR count). The van der Waals surface area contributed by atoms with Crippen molar-refractivity contribution in [1.29, 1.82) is 0 Å². The van der Waals surface area contributed by atoms with E-state index in [-0.39, 0.29) is 16.6 Å². The van der Waals surface area contributed by atoms with Crippen molar-refractivity contribution >= 4 is 5.78 Å². The minimum atomic E-state index is -0.752. The predicted molar refractivity (Wildman–Crippen MR) is 102 cm³/mol. The zero-order valence-electron chi connectivity index (χ0n) is 16.3. The lowest BCUT2D eigenvalue weighted by molar-refractivity contribution is -0.121. The highest BCUT2D eigenvalue weighted by Gasteiger charge is 2.64. The van der Waals surface area contributed by atoms with Crippen LogP contribution in [0, 0.1) is 34.5 Å². The summed E-state index contributed by atoms with van der Waals surface area (Å²) in [5.74, 6) is 2.05. The van der Waals surface area contributed by atoms with Crippen LogP contribution < -0.4 is 0 Å². The Hall–Kier alpha value is -1.35. The minimum Gasteiger partial charge on any atom is -0.515 e. The van der Waals surface area contributed by atoms with Crippen LogP contribution in [0.25, 0.3) is 0 Å². The molecule has 4 aliphatic rings. The fourth-order valence-electron chi connectivity index (χ4n) is 7.39. The van der Waals surface area contributed by atoms with E-state index in [2.05, 4.69) is 27.4 Å². The third-order valence-electron chi connectivity index (χ3n) is 8.97. The summed E-state index contributed by atoms with van der Waals surface area (Å²) >= 11 is 0. The van der Waals surface area contributed by atoms with Gasteiger partial charge in [0.1, 0.15) is 0 Å². The molecule has 2 N–H and O–H groups in total. The number of ketones is 1. The monoisotopic (exact) mass is 356 g/mol. The minimum absolute atomic E-state index is 0.0202. The molecule has 0 bridgehead atoms. The number of fused-ring (bicyclic) bond motifs is 5. The largest absolute Gasteiger partial charge is 0.515 e. The summed E-state index contributed by atoms with van der Waals surface area (Å²) in [6, 6.07) is 0. The van der Waals surface area contributed by atoms with Crippen LogP contribution in [-0.4, -0.2) is 21.6 Å². The molecule has 0 heterocycles. The molecule has 4 aliphatic carbocycles. The molecule has 142 valence electrons. The second-order valence-electron chi connectivity index (χ2n) is 9.88.